The summed E-state index contributed by atoms with van der Waals surface area (Å²) in [6.45, 7) is 3.15. The van der Waals surface area contributed by atoms with Crippen molar-refractivity contribution in [3.63, 3.8) is 0 Å². The van der Waals surface area contributed by atoms with Crippen LogP contribution in [-0.4, -0.2) is 50.1 Å². The quantitative estimate of drug-likeness (QED) is 0.108. The van der Waals surface area contributed by atoms with Gasteiger partial charge in [0, 0.05) is 20.4 Å². The molecule has 0 spiro atoms. The molecule has 1 aliphatic heterocycles. The highest BCUT2D eigenvalue weighted by atomic mass is 127. The van der Waals surface area contributed by atoms with Gasteiger partial charge >= 0.3 is 5.97 Å². The molecule has 204 valence electrons. The fraction of sp³-hybridized carbons (Fsp3) is 0.269. The second-order valence-corrected chi connectivity index (χ2v) is 9.54. The van der Waals surface area contributed by atoms with Crippen LogP contribution in [0.4, 0.5) is 0 Å². The van der Waals surface area contributed by atoms with Gasteiger partial charge in [0.2, 0.25) is 0 Å². The van der Waals surface area contributed by atoms with Crippen molar-refractivity contribution in [1.82, 2.24) is 16.1 Å². The van der Waals surface area contributed by atoms with E-state index in [0.717, 1.165) is 3.57 Å². The molecule has 11 nitrogen and oxygen atoms in total. The van der Waals surface area contributed by atoms with Gasteiger partial charge in [-0.25, -0.2) is 10.2 Å². The summed E-state index contributed by atoms with van der Waals surface area (Å²) < 4.78 is 22.7. The second-order valence-electron chi connectivity index (χ2n) is 7.88. The van der Waals surface area contributed by atoms with Gasteiger partial charge in [-0.05, 0) is 66.9 Å². The van der Waals surface area contributed by atoms with Gasteiger partial charge in [0.05, 0.1) is 31.5 Å². The molecule has 3 N–H and O–H groups in total. The van der Waals surface area contributed by atoms with Crippen molar-refractivity contribution in [3.8, 4) is 23.3 Å². The summed E-state index contributed by atoms with van der Waals surface area (Å²) in [5, 5.41) is 19.2. The molecule has 39 heavy (non-hydrogen) atoms. The minimum Gasteiger partial charge on any atom is -0.493 e. The fourth-order valence-corrected chi connectivity index (χ4v) is 4.59. The number of allylic oxidation sites excluding steroid dienone is 1. The van der Waals surface area contributed by atoms with Crippen molar-refractivity contribution in [2.24, 2.45) is 5.10 Å². The molecule has 0 aliphatic carbocycles. The number of hydrogen-bond acceptors (Lipinski definition) is 9. The van der Waals surface area contributed by atoms with E-state index in [2.05, 4.69) is 43.8 Å². The molecule has 0 unspecified atom stereocenters. The number of amides is 1. The lowest BCUT2D eigenvalue weighted by Crippen LogP contribution is -2.45. The van der Waals surface area contributed by atoms with Gasteiger partial charge in [-0.2, -0.15) is 10.4 Å². The van der Waals surface area contributed by atoms with Gasteiger partial charge in [-0.1, -0.05) is 18.2 Å². The fourth-order valence-electron chi connectivity index (χ4n) is 3.70. The lowest BCUT2D eigenvalue weighted by atomic mass is 9.95. The van der Waals surface area contributed by atoms with Crippen LogP contribution in [-0.2, 0) is 14.3 Å². The molecular formula is C26H26IN5O6S. The number of nitrogens with one attached hydrogen (secondary N) is 3. The number of hydrogen-bond donors (Lipinski definition) is 3. The number of esters is 1. The van der Waals surface area contributed by atoms with Crippen LogP contribution in [0.1, 0.15) is 31.0 Å². The van der Waals surface area contributed by atoms with Gasteiger partial charge in [0.25, 0.3) is 5.91 Å². The number of methoxy groups -OCH3 is 1. The molecule has 0 radical (unpaired) electrons. The first-order chi connectivity index (χ1) is 18.8. The summed E-state index contributed by atoms with van der Waals surface area (Å²) in [5.41, 5.74) is 4.45. The summed E-state index contributed by atoms with van der Waals surface area (Å²) in [5.74, 6) is 0.125. The third-order valence-electron chi connectivity index (χ3n) is 5.30. The maximum absolute atomic E-state index is 12.7. The number of ether oxygens (including phenoxy) is 4. The summed E-state index contributed by atoms with van der Waals surface area (Å²) in [7, 11) is 1.49. The van der Waals surface area contributed by atoms with Crippen LogP contribution in [0.2, 0.25) is 0 Å². The van der Waals surface area contributed by atoms with Crippen molar-refractivity contribution < 1.29 is 28.5 Å². The number of thiocarbonyl (C=S) groups is 1. The SMILES string of the molecule is CCOC(=O)C1=C(C)NC(=S)N[C@H]1c1ccccc1OCC(=O)NN=Cc1cc(I)cc(OC)c1OCC#N. The number of para-hydroxylation sites is 1. The number of benzene rings is 2. The molecule has 0 saturated carbocycles. The Balaban J connectivity index is 1.74. The van der Waals surface area contributed by atoms with Crippen LogP contribution in [0.3, 0.4) is 0 Å². The van der Waals surface area contributed by atoms with E-state index in [1.165, 1.54) is 13.3 Å². The van der Waals surface area contributed by atoms with Crippen molar-refractivity contribution in [1.29, 1.82) is 5.26 Å². The summed E-state index contributed by atoms with van der Waals surface area (Å²) in [6, 6.07) is 11.8. The Bertz CT molecular complexity index is 1360. The number of hydrazone groups is 1. The molecule has 0 saturated heterocycles. The Morgan fingerprint density at radius 3 is 2.74 bits per heavy atom. The highest BCUT2D eigenvalue weighted by molar-refractivity contribution is 14.1. The number of nitrogens with zero attached hydrogens (tertiary/aromatic N) is 2. The van der Waals surface area contributed by atoms with Crippen molar-refractivity contribution in [3.05, 3.63) is 62.4 Å². The molecule has 1 atom stereocenters. The van der Waals surface area contributed by atoms with E-state index in [1.807, 2.05) is 6.07 Å². The zero-order chi connectivity index (χ0) is 28.4. The zero-order valence-electron chi connectivity index (χ0n) is 21.4. The topological polar surface area (TPSA) is 143 Å². The average molecular weight is 663 g/mol. The van der Waals surface area contributed by atoms with Crippen molar-refractivity contribution >= 4 is 58.0 Å². The molecule has 1 heterocycles. The Morgan fingerprint density at radius 1 is 1.26 bits per heavy atom. The monoisotopic (exact) mass is 663 g/mol. The molecule has 0 fully saturated rings. The average Bonchev–Trinajstić information content (AvgIpc) is 2.90. The molecule has 1 amide bonds. The zero-order valence-corrected chi connectivity index (χ0v) is 24.3. The van der Waals surface area contributed by atoms with E-state index >= 15 is 0 Å². The lowest BCUT2D eigenvalue weighted by Gasteiger charge is -2.30. The molecule has 3 rings (SSSR count). The minimum absolute atomic E-state index is 0.180. The number of carbonyl (C=O) groups excluding carboxylic acids is 2. The molecule has 2 aromatic rings. The van der Waals surface area contributed by atoms with Crippen LogP contribution in [0.25, 0.3) is 0 Å². The third kappa shape index (κ3) is 7.80. The normalized spacial score (nSPS) is 14.6. The van der Waals surface area contributed by atoms with E-state index in [4.69, 9.17) is 36.4 Å². The number of nitriles is 1. The standard InChI is InChI=1S/C26H26IN5O6S/c1-4-36-25(34)22-15(2)30-26(39)31-23(22)18-7-5-6-8-19(18)38-14-21(33)32-29-13-16-11-17(27)12-20(35-3)24(16)37-10-9-28/h5-8,11-13,23H,4,10,14H2,1-3H3,(H,32,33)(H2,30,31,39)/t23-/m0/s1. The van der Waals surface area contributed by atoms with E-state index in [-0.39, 0.29) is 19.8 Å². The van der Waals surface area contributed by atoms with Crippen LogP contribution in [0.15, 0.2) is 52.8 Å². The van der Waals surface area contributed by atoms with E-state index in [1.54, 1.807) is 50.2 Å². The van der Waals surface area contributed by atoms with Crippen molar-refractivity contribution in [2.45, 2.75) is 19.9 Å². The predicted molar refractivity (Wildman–Crippen MR) is 155 cm³/mol. The summed E-state index contributed by atoms with van der Waals surface area (Å²) in [6.07, 6.45) is 1.39. The highest BCUT2D eigenvalue weighted by Crippen LogP contribution is 2.34. The van der Waals surface area contributed by atoms with Crippen LogP contribution in [0, 0.1) is 14.9 Å². The Morgan fingerprint density at radius 2 is 2.03 bits per heavy atom. The number of carbonyl (C=O) groups is 2. The van der Waals surface area contributed by atoms with Gasteiger partial charge in [0.1, 0.15) is 11.8 Å². The molecule has 0 bridgehead atoms. The first-order valence-electron chi connectivity index (χ1n) is 11.6. The predicted octanol–water partition coefficient (Wildman–Crippen LogP) is 3.09. The molecule has 0 aromatic heterocycles. The van der Waals surface area contributed by atoms with E-state index < -0.39 is 17.9 Å². The Hall–Kier alpha value is -3.90. The largest absolute Gasteiger partial charge is 0.493 e. The second kappa shape index (κ2) is 14.3. The lowest BCUT2D eigenvalue weighted by molar-refractivity contribution is -0.139. The van der Waals surface area contributed by atoms with Crippen molar-refractivity contribution in [2.75, 3.05) is 26.9 Å². The van der Waals surface area contributed by atoms with Crippen LogP contribution in [0.5, 0.6) is 17.2 Å². The van der Waals surface area contributed by atoms with Gasteiger partial charge in [0.15, 0.2) is 29.8 Å². The third-order valence-corrected chi connectivity index (χ3v) is 6.14. The van der Waals surface area contributed by atoms with Gasteiger partial charge < -0.3 is 29.6 Å². The van der Waals surface area contributed by atoms with Gasteiger partial charge in [-0.3, -0.25) is 4.79 Å². The first-order valence-corrected chi connectivity index (χ1v) is 13.1. The minimum atomic E-state index is -0.641. The number of halogens is 1. The summed E-state index contributed by atoms with van der Waals surface area (Å²) in [4.78, 5) is 25.2. The van der Waals surface area contributed by atoms with Crippen LogP contribution >= 0.6 is 34.8 Å². The van der Waals surface area contributed by atoms with Gasteiger partial charge in [-0.15, -0.1) is 0 Å². The molecule has 2 aromatic carbocycles. The Labute approximate surface area is 244 Å². The maximum Gasteiger partial charge on any atom is 0.338 e. The first kappa shape index (κ1) is 29.7. The smallest absolute Gasteiger partial charge is 0.338 e. The Kier molecular flexibility index (Phi) is 10.9. The molecular weight excluding hydrogens is 637 g/mol. The van der Waals surface area contributed by atoms with E-state index in [0.29, 0.717) is 44.8 Å². The molecule has 1 aliphatic rings. The van der Waals surface area contributed by atoms with E-state index in [9.17, 15) is 9.59 Å². The number of rotatable bonds is 11. The maximum atomic E-state index is 12.7. The molecule has 13 heteroatoms. The highest BCUT2D eigenvalue weighted by Gasteiger charge is 2.32. The van der Waals surface area contributed by atoms with Crippen LogP contribution < -0.4 is 30.3 Å². The summed E-state index contributed by atoms with van der Waals surface area (Å²) >= 11 is 7.40.